The number of ether oxygens (including phenoxy) is 5. The minimum atomic E-state index is -0.0522. The Kier molecular flexibility index (Phi) is 19.6. The summed E-state index contributed by atoms with van der Waals surface area (Å²) in [6, 6.07) is 0. The second kappa shape index (κ2) is 20.5. The Hall–Kier alpha value is -1.26. The zero-order valence-corrected chi connectivity index (χ0v) is 17.6. The highest BCUT2D eigenvalue weighted by molar-refractivity contribution is 5.76. The summed E-state index contributed by atoms with van der Waals surface area (Å²) < 4.78 is 26.5. The monoisotopic (exact) mass is 406 g/mol. The smallest absolute Gasteiger partial charge is 0.222 e. The van der Waals surface area contributed by atoms with Gasteiger partial charge >= 0.3 is 0 Å². The molecule has 0 spiro atoms. The van der Waals surface area contributed by atoms with Gasteiger partial charge < -0.3 is 34.3 Å². The predicted octanol–water partition coefficient (Wildman–Crippen LogP) is 0.510. The Morgan fingerprint density at radius 3 is 1.61 bits per heavy atom. The first kappa shape index (κ1) is 26.7. The number of hydrogen-bond acceptors (Lipinski definition) is 7. The summed E-state index contributed by atoms with van der Waals surface area (Å²) >= 11 is 0. The molecule has 0 radical (unpaired) electrons. The number of nitrogens with one attached hydrogen (secondary N) is 2. The highest BCUT2D eigenvalue weighted by atomic mass is 16.5. The molecule has 0 rings (SSSR count). The maximum absolute atomic E-state index is 11.5. The van der Waals surface area contributed by atoms with Gasteiger partial charge in [0.1, 0.15) is 0 Å². The van der Waals surface area contributed by atoms with Crippen molar-refractivity contribution in [1.29, 1.82) is 0 Å². The Morgan fingerprint density at radius 2 is 1.14 bits per heavy atom. The van der Waals surface area contributed by atoms with Crippen LogP contribution >= 0.6 is 0 Å². The van der Waals surface area contributed by atoms with Crippen molar-refractivity contribution in [2.75, 3.05) is 72.6 Å². The van der Waals surface area contributed by atoms with Gasteiger partial charge in [-0.2, -0.15) is 0 Å². The van der Waals surface area contributed by atoms with E-state index >= 15 is 0 Å². The van der Waals surface area contributed by atoms with E-state index in [1.54, 1.807) is 0 Å². The Morgan fingerprint density at radius 1 is 0.679 bits per heavy atom. The van der Waals surface area contributed by atoms with Gasteiger partial charge in [0.15, 0.2) is 0 Å². The highest BCUT2D eigenvalue weighted by Crippen LogP contribution is 1.88. The maximum Gasteiger partial charge on any atom is 0.222 e. The Bertz CT molecular complexity index is 381. The van der Waals surface area contributed by atoms with Gasteiger partial charge in [0, 0.05) is 32.5 Å². The number of carbonyl (C=O) groups excluding carboxylic acids is 2. The van der Waals surface area contributed by atoms with Gasteiger partial charge in [-0.15, -0.1) is 0 Å². The quantitative estimate of drug-likeness (QED) is 0.284. The van der Waals surface area contributed by atoms with Crippen molar-refractivity contribution in [3.63, 3.8) is 0 Å². The summed E-state index contributed by atoms with van der Waals surface area (Å²) in [6.45, 7) is 11.0. The lowest BCUT2D eigenvalue weighted by atomic mass is 10.4. The van der Waals surface area contributed by atoms with Crippen LogP contribution in [0.15, 0.2) is 0 Å². The van der Waals surface area contributed by atoms with Crippen molar-refractivity contribution in [3.8, 4) is 0 Å². The average molecular weight is 407 g/mol. The van der Waals surface area contributed by atoms with Crippen LogP contribution in [0.25, 0.3) is 0 Å². The van der Waals surface area contributed by atoms with Crippen molar-refractivity contribution in [3.05, 3.63) is 0 Å². The molecule has 0 aliphatic carbocycles. The topological polar surface area (TPSA) is 104 Å². The summed E-state index contributed by atoms with van der Waals surface area (Å²) in [6.07, 6.45) is 0.805. The fourth-order valence-electron chi connectivity index (χ4n) is 1.94. The molecule has 0 unspecified atom stereocenters. The lowest BCUT2D eigenvalue weighted by Crippen LogP contribution is -2.28. The molecule has 9 heteroatoms. The molecule has 0 saturated heterocycles. The van der Waals surface area contributed by atoms with E-state index in [0.717, 1.165) is 0 Å². The third kappa shape index (κ3) is 21.0. The van der Waals surface area contributed by atoms with Crippen molar-refractivity contribution >= 4 is 11.8 Å². The zero-order valence-electron chi connectivity index (χ0n) is 17.6. The number of rotatable bonds is 20. The van der Waals surface area contributed by atoms with Crippen LogP contribution in [0.4, 0.5) is 0 Å². The van der Waals surface area contributed by atoms with Gasteiger partial charge in [0.2, 0.25) is 11.8 Å². The molecule has 0 saturated carbocycles. The van der Waals surface area contributed by atoms with Gasteiger partial charge in [0.25, 0.3) is 0 Å². The lowest BCUT2D eigenvalue weighted by Gasteiger charge is -2.09. The summed E-state index contributed by atoms with van der Waals surface area (Å²) in [4.78, 5) is 23.0. The van der Waals surface area contributed by atoms with Crippen LogP contribution in [0.2, 0.25) is 0 Å². The molecule has 0 aliphatic rings. The van der Waals surface area contributed by atoms with E-state index < -0.39 is 0 Å². The molecule has 0 aromatic carbocycles. The predicted molar refractivity (Wildman–Crippen MR) is 105 cm³/mol. The standard InChI is InChI=1S/C19H38N2O7/c1-4-24-11-7-20-18(22)5-9-25-13-15-27-16-14-26-10-6-19(23)21-8-12-28-17(2)3/h17H,4-16H2,1-3H3,(H,20,22)(H,21,23). The highest BCUT2D eigenvalue weighted by Gasteiger charge is 2.02. The van der Waals surface area contributed by atoms with Crippen molar-refractivity contribution < 1.29 is 33.3 Å². The molecule has 28 heavy (non-hydrogen) atoms. The molecule has 0 aromatic rings. The van der Waals surface area contributed by atoms with Gasteiger partial charge in [-0.25, -0.2) is 0 Å². The summed E-state index contributed by atoms with van der Waals surface area (Å²) in [5.41, 5.74) is 0. The first-order valence-electron chi connectivity index (χ1n) is 10.0. The van der Waals surface area contributed by atoms with Gasteiger partial charge in [-0.05, 0) is 20.8 Å². The second-order valence-corrected chi connectivity index (χ2v) is 6.15. The molecule has 0 fully saturated rings. The molecule has 0 atom stereocenters. The lowest BCUT2D eigenvalue weighted by molar-refractivity contribution is -0.123. The molecule has 0 heterocycles. The first-order chi connectivity index (χ1) is 13.6. The molecular weight excluding hydrogens is 368 g/mol. The Labute approximate surface area is 168 Å². The van der Waals surface area contributed by atoms with Crippen molar-refractivity contribution in [2.24, 2.45) is 0 Å². The molecule has 2 N–H and O–H groups in total. The summed E-state index contributed by atoms with van der Waals surface area (Å²) in [5.74, 6) is -0.103. The van der Waals surface area contributed by atoms with Crippen LogP contribution in [0.5, 0.6) is 0 Å². The largest absolute Gasteiger partial charge is 0.380 e. The van der Waals surface area contributed by atoms with Gasteiger partial charge in [-0.1, -0.05) is 0 Å². The van der Waals surface area contributed by atoms with Gasteiger partial charge in [0.05, 0.1) is 59.0 Å². The summed E-state index contributed by atoms with van der Waals surface area (Å²) in [7, 11) is 0. The SMILES string of the molecule is CCOCCNC(=O)CCOCCOCCOCCC(=O)NCCOC(C)C. The minimum absolute atomic E-state index is 0.0505. The third-order valence-corrected chi connectivity index (χ3v) is 3.34. The van der Waals surface area contributed by atoms with Crippen LogP contribution in [0.3, 0.4) is 0 Å². The fourth-order valence-corrected chi connectivity index (χ4v) is 1.94. The third-order valence-electron chi connectivity index (χ3n) is 3.34. The van der Waals surface area contributed by atoms with Gasteiger partial charge in [-0.3, -0.25) is 9.59 Å². The first-order valence-corrected chi connectivity index (χ1v) is 10.0. The van der Waals surface area contributed by atoms with Crippen LogP contribution in [-0.4, -0.2) is 90.5 Å². The van der Waals surface area contributed by atoms with Crippen molar-refractivity contribution in [2.45, 2.75) is 39.7 Å². The zero-order chi connectivity index (χ0) is 20.9. The maximum atomic E-state index is 11.5. The van der Waals surface area contributed by atoms with E-state index in [2.05, 4.69) is 10.6 Å². The number of amides is 2. The van der Waals surface area contributed by atoms with E-state index in [9.17, 15) is 9.59 Å². The molecular formula is C19H38N2O7. The number of hydrogen-bond donors (Lipinski definition) is 2. The Balaban J connectivity index is 3.23. The van der Waals surface area contributed by atoms with Crippen LogP contribution in [0.1, 0.15) is 33.6 Å². The molecule has 9 nitrogen and oxygen atoms in total. The van der Waals surface area contributed by atoms with E-state index in [1.165, 1.54) is 0 Å². The van der Waals surface area contributed by atoms with E-state index in [4.69, 9.17) is 23.7 Å². The molecule has 166 valence electrons. The molecule has 0 bridgehead atoms. The number of carbonyl (C=O) groups is 2. The van der Waals surface area contributed by atoms with E-state index in [0.29, 0.717) is 85.4 Å². The van der Waals surface area contributed by atoms with Crippen LogP contribution < -0.4 is 10.6 Å². The van der Waals surface area contributed by atoms with E-state index in [-0.39, 0.29) is 17.9 Å². The summed E-state index contributed by atoms with van der Waals surface area (Å²) in [5, 5.41) is 5.52. The molecule has 0 aliphatic heterocycles. The van der Waals surface area contributed by atoms with Crippen LogP contribution in [0, 0.1) is 0 Å². The fraction of sp³-hybridized carbons (Fsp3) is 0.895. The van der Waals surface area contributed by atoms with Crippen molar-refractivity contribution in [1.82, 2.24) is 10.6 Å². The average Bonchev–Trinajstić information content (AvgIpc) is 2.66. The minimum Gasteiger partial charge on any atom is -0.380 e. The molecule has 2 amide bonds. The normalized spacial score (nSPS) is 11.0. The molecule has 0 aromatic heterocycles. The second-order valence-electron chi connectivity index (χ2n) is 6.15. The van der Waals surface area contributed by atoms with Crippen LogP contribution in [-0.2, 0) is 33.3 Å². The van der Waals surface area contributed by atoms with E-state index in [1.807, 2.05) is 20.8 Å².